The molecule has 0 radical (unpaired) electrons. The maximum absolute atomic E-state index is 13.8. The largest absolute Gasteiger partial charge is 0.370 e. The van der Waals surface area contributed by atoms with Crippen LogP contribution in [0.2, 0.25) is 0 Å². The van der Waals surface area contributed by atoms with Gasteiger partial charge in [-0.15, -0.1) is 11.3 Å². The number of halogens is 1. The molecule has 0 atom stereocenters. The Morgan fingerprint density at radius 3 is 2.67 bits per heavy atom. The Morgan fingerprint density at radius 1 is 1.08 bits per heavy atom. The van der Waals surface area contributed by atoms with Crippen LogP contribution in [0.5, 0.6) is 0 Å². The summed E-state index contributed by atoms with van der Waals surface area (Å²) in [6.45, 7) is 2.03. The molecule has 3 nitrogen and oxygen atoms in total. The van der Waals surface area contributed by atoms with E-state index in [0.717, 1.165) is 29.2 Å². The highest BCUT2D eigenvalue weighted by atomic mass is 32.1. The van der Waals surface area contributed by atoms with Crippen LogP contribution in [0.15, 0.2) is 48.5 Å². The standard InChI is InChI=1S/C19H17FN2OS/c20-14-6-5-9-17-13(14)12-18(24-17)19(23)21-15-7-1-2-8-16(15)22-10-3-4-11-22/h1-2,5-9,12H,3-4,10-11H2,(H,21,23). The van der Waals surface area contributed by atoms with E-state index in [1.807, 2.05) is 30.3 Å². The molecule has 4 rings (SSSR count). The fourth-order valence-corrected chi connectivity index (χ4v) is 4.10. The van der Waals surface area contributed by atoms with E-state index in [1.165, 1.54) is 30.2 Å². The van der Waals surface area contributed by atoms with Gasteiger partial charge in [0.15, 0.2) is 0 Å². The average molecular weight is 340 g/mol. The van der Waals surface area contributed by atoms with Crippen molar-refractivity contribution in [2.45, 2.75) is 12.8 Å². The van der Waals surface area contributed by atoms with Gasteiger partial charge in [-0.05, 0) is 43.2 Å². The Bertz CT molecular complexity index is 899. The van der Waals surface area contributed by atoms with Gasteiger partial charge >= 0.3 is 0 Å². The van der Waals surface area contributed by atoms with Crippen molar-refractivity contribution >= 4 is 38.7 Å². The Balaban J connectivity index is 1.63. The second-order valence-corrected chi connectivity index (χ2v) is 7.01. The van der Waals surface area contributed by atoms with Gasteiger partial charge in [0, 0.05) is 23.2 Å². The predicted octanol–water partition coefficient (Wildman–Crippen LogP) is 4.89. The molecular formula is C19H17FN2OS. The second-order valence-electron chi connectivity index (χ2n) is 5.93. The lowest BCUT2D eigenvalue weighted by Gasteiger charge is -2.21. The summed E-state index contributed by atoms with van der Waals surface area (Å²) in [5.74, 6) is -0.484. The molecule has 1 aromatic heterocycles. The minimum Gasteiger partial charge on any atom is -0.370 e. The van der Waals surface area contributed by atoms with Crippen molar-refractivity contribution in [3.63, 3.8) is 0 Å². The van der Waals surface area contributed by atoms with Crippen LogP contribution in [0.1, 0.15) is 22.5 Å². The molecule has 122 valence electrons. The van der Waals surface area contributed by atoms with Crippen LogP contribution < -0.4 is 10.2 Å². The lowest BCUT2D eigenvalue weighted by molar-refractivity contribution is 0.103. The number of nitrogens with zero attached hydrogens (tertiary/aromatic N) is 1. The Morgan fingerprint density at radius 2 is 1.88 bits per heavy atom. The smallest absolute Gasteiger partial charge is 0.265 e. The molecular weight excluding hydrogens is 323 g/mol. The van der Waals surface area contributed by atoms with Crippen LogP contribution in [-0.2, 0) is 0 Å². The van der Waals surface area contributed by atoms with Crippen LogP contribution in [-0.4, -0.2) is 19.0 Å². The molecule has 0 aliphatic carbocycles. The maximum Gasteiger partial charge on any atom is 0.265 e. The van der Waals surface area contributed by atoms with Crippen molar-refractivity contribution in [1.82, 2.24) is 0 Å². The van der Waals surface area contributed by atoms with Crippen LogP contribution in [0.3, 0.4) is 0 Å². The van der Waals surface area contributed by atoms with Gasteiger partial charge in [0.25, 0.3) is 5.91 Å². The summed E-state index contributed by atoms with van der Waals surface area (Å²) in [5, 5.41) is 3.49. The molecule has 1 amide bonds. The van der Waals surface area contributed by atoms with Gasteiger partial charge in [-0.3, -0.25) is 4.79 Å². The number of para-hydroxylation sites is 2. The van der Waals surface area contributed by atoms with Crippen molar-refractivity contribution in [3.05, 3.63) is 59.2 Å². The molecule has 0 bridgehead atoms. The van der Waals surface area contributed by atoms with E-state index in [2.05, 4.69) is 10.2 Å². The molecule has 1 N–H and O–H groups in total. The van der Waals surface area contributed by atoms with Gasteiger partial charge in [0.1, 0.15) is 5.82 Å². The van der Waals surface area contributed by atoms with E-state index >= 15 is 0 Å². The fourth-order valence-electron chi connectivity index (χ4n) is 3.13. The Kier molecular flexibility index (Phi) is 3.94. The van der Waals surface area contributed by atoms with Gasteiger partial charge in [0.05, 0.1) is 16.3 Å². The summed E-state index contributed by atoms with van der Waals surface area (Å²) in [4.78, 5) is 15.4. The first-order valence-corrected chi connectivity index (χ1v) is 8.87. The topological polar surface area (TPSA) is 32.3 Å². The van der Waals surface area contributed by atoms with Gasteiger partial charge in [0.2, 0.25) is 0 Å². The third-order valence-electron chi connectivity index (χ3n) is 4.33. The summed E-state index contributed by atoms with van der Waals surface area (Å²) in [6.07, 6.45) is 2.36. The lowest BCUT2D eigenvalue weighted by atomic mass is 10.2. The maximum atomic E-state index is 13.8. The van der Waals surface area contributed by atoms with Gasteiger partial charge in [-0.2, -0.15) is 0 Å². The second kappa shape index (κ2) is 6.24. The number of amides is 1. The number of nitrogens with one attached hydrogen (secondary N) is 1. The number of carbonyl (C=O) groups excluding carboxylic acids is 1. The minimum atomic E-state index is -0.291. The first-order chi connectivity index (χ1) is 11.7. The van der Waals surface area contributed by atoms with Crippen LogP contribution in [0.25, 0.3) is 10.1 Å². The molecule has 0 unspecified atom stereocenters. The number of hydrogen-bond donors (Lipinski definition) is 1. The molecule has 1 aliphatic rings. The zero-order valence-electron chi connectivity index (χ0n) is 13.1. The monoisotopic (exact) mass is 340 g/mol. The Hall–Kier alpha value is -2.40. The quantitative estimate of drug-likeness (QED) is 0.736. The normalized spacial score (nSPS) is 14.3. The van der Waals surface area contributed by atoms with E-state index in [4.69, 9.17) is 0 Å². The van der Waals surface area contributed by atoms with Gasteiger partial charge in [-0.1, -0.05) is 18.2 Å². The number of thiophene rings is 1. The van der Waals surface area contributed by atoms with Crippen LogP contribution in [0.4, 0.5) is 15.8 Å². The summed E-state index contributed by atoms with van der Waals surface area (Å²) >= 11 is 1.31. The third kappa shape index (κ3) is 2.76. The summed E-state index contributed by atoms with van der Waals surface area (Å²) in [6, 6.07) is 14.4. The van der Waals surface area contributed by atoms with E-state index in [9.17, 15) is 9.18 Å². The molecule has 3 aromatic rings. The molecule has 0 saturated carbocycles. The third-order valence-corrected chi connectivity index (χ3v) is 5.43. The molecule has 1 aliphatic heterocycles. The number of fused-ring (bicyclic) bond motifs is 1. The summed E-state index contributed by atoms with van der Waals surface area (Å²) in [5.41, 5.74) is 1.86. The molecule has 0 spiro atoms. The number of rotatable bonds is 3. The zero-order chi connectivity index (χ0) is 16.5. The number of anilines is 2. The molecule has 1 fully saturated rings. The van der Waals surface area contributed by atoms with Gasteiger partial charge in [-0.25, -0.2) is 4.39 Å². The number of benzene rings is 2. The fraction of sp³-hybridized carbons (Fsp3) is 0.211. The van der Waals surface area contributed by atoms with E-state index < -0.39 is 0 Å². The summed E-state index contributed by atoms with van der Waals surface area (Å²) < 4.78 is 14.6. The first-order valence-electron chi connectivity index (χ1n) is 8.06. The molecule has 5 heteroatoms. The minimum absolute atomic E-state index is 0.192. The lowest BCUT2D eigenvalue weighted by Crippen LogP contribution is -2.20. The highest BCUT2D eigenvalue weighted by Gasteiger charge is 2.18. The van der Waals surface area contributed by atoms with Crippen molar-refractivity contribution in [2.24, 2.45) is 0 Å². The van der Waals surface area contributed by atoms with Crippen molar-refractivity contribution in [2.75, 3.05) is 23.3 Å². The van der Waals surface area contributed by atoms with E-state index in [1.54, 1.807) is 12.1 Å². The molecule has 24 heavy (non-hydrogen) atoms. The van der Waals surface area contributed by atoms with Crippen LogP contribution >= 0.6 is 11.3 Å². The van der Waals surface area contributed by atoms with Crippen LogP contribution in [0, 0.1) is 5.82 Å². The molecule has 2 aromatic carbocycles. The predicted molar refractivity (Wildman–Crippen MR) is 97.6 cm³/mol. The zero-order valence-corrected chi connectivity index (χ0v) is 13.9. The van der Waals surface area contributed by atoms with Gasteiger partial charge < -0.3 is 10.2 Å². The number of hydrogen-bond acceptors (Lipinski definition) is 3. The highest BCUT2D eigenvalue weighted by Crippen LogP contribution is 2.31. The summed E-state index contributed by atoms with van der Waals surface area (Å²) in [7, 11) is 0. The molecule has 1 saturated heterocycles. The number of carbonyl (C=O) groups is 1. The molecule has 2 heterocycles. The van der Waals surface area contributed by atoms with E-state index in [-0.39, 0.29) is 11.7 Å². The van der Waals surface area contributed by atoms with Crippen molar-refractivity contribution in [3.8, 4) is 0 Å². The SMILES string of the molecule is O=C(Nc1ccccc1N1CCCC1)c1cc2c(F)cccc2s1. The average Bonchev–Trinajstić information content (AvgIpc) is 3.25. The Labute approximate surface area is 143 Å². The van der Waals surface area contributed by atoms with E-state index in [0.29, 0.717) is 10.3 Å². The van der Waals surface area contributed by atoms with Crippen molar-refractivity contribution in [1.29, 1.82) is 0 Å². The highest BCUT2D eigenvalue weighted by molar-refractivity contribution is 7.20. The van der Waals surface area contributed by atoms with Crippen molar-refractivity contribution < 1.29 is 9.18 Å². The first kappa shape index (κ1) is 15.1.